The zero-order valence-corrected chi connectivity index (χ0v) is 15.2. The van der Waals surface area contributed by atoms with Gasteiger partial charge in [0, 0.05) is 18.4 Å². The molecule has 1 unspecified atom stereocenters. The molecule has 1 aliphatic carbocycles. The summed E-state index contributed by atoms with van der Waals surface area (Å²) < 4.78 is 10.3. The highest BCUT2D eigenvalue weighted by Crippen LogP contribution is 2.33. The Hall–Kier alpha value is -2.90. The second-order valence-corrected chi connectivity index (χ2v) is 6.73. The van der Waals surface area contributed by atoms with Gasteiger partial charge in [-0.1, -0.05) is 18.0 Å². The average molecular weight is 373 g/mol. The van der Waals surface area contributed by atoms with Crippen LogP contribution in [-0.2, 0) is 16.0 Å². The number of hydrogen-bond donors (Lipinski definition) is 2. The maximum absolute atomic E-state index is 12.0. The first kappa shape index (κ1) is 18.9. The molecule has 2 aromatic rings. The zero-order valence-electron chi connectivity index (χ0n) is 15.2. The maximum atomic E-state index is 12.0. The maximum Gasteiger partial charge on any atom is 0.326 e. The average Bonchev–Trinajstić information content (AvgIpc) is 3.36. The SMILES string of the molecule is COc1ccc(-c2noc(CCCC(=O)NC(CC3CC3)C(=O)O)n2)cc1. The first-order valence-corrected chi connectivity index (χ1v) is 9.04. The second kappa shape index (κ2) is 8.66. The molecule has 1 aromatic heterocycles. The van der Waals surface area contributed by atoms with Gasteiger partial charge in [0.15, 0.2) is 0 Å². The number of benzene rings is 1. The number of aromatic nitrogens is 2. The third kappa shape index (κ3) is 5.54. The van der Waals surface area contributed by atoms with Gasteiger partial charge in [0.25, 0.3) is 0 Å². The van der Waals surface area contributed by atoms with Crippen LogP contribution in [0.15, 0.2) is 28.8 Å². The molecule has 8 nitrogen and oxygen atoms in total. The summed E-state index contributed by atoms with van der Waals surface area (Å²) in [6.45, 7) is 0. The molecule has 1 fully saturated rings. The second-order valence-electron chi connectivity index (χ2n) is 6.73. The van der Waals surface area contributed by atoms with E-state index in [1.165, 1.54) is 0 Å². The van der Waals surface area contributed by atoms with Gasteiger partial charge in [0.2, 0.25) is 17.6 Å². The van der Waals surface area contributed by atoms with Crippen LogP contribution in [0.1, 0.15) is 38.0 Å². The molecule has 0 spiro atoms. The summed E-state index contributed by atoms with van der Waals surface area (Å²) in [6, 6.07) is 6.52. The normalized spacial score (nSPS) is 14.6. The molecule has 0 saturated heterocycles. The van der Waals surface area contributed by atoms with Gasteiger partial charge in [0.05, 0.1) is 7.11 Å². The molecule has 144 valence electrons. The summed E-state index contributed by atoms with van der Waals surface area (Å²) in [6.07, 6.45) is 3.79. The summed E-state index contributed by atoms with van der Waals surface area (Å²) in [5, 5.41) is 15.7. The van der Waals surface area contributed by atoms with Gasteiger partial charge < -0.3 is 19.7 Å². The van der Waals surface area contributed by atoms with Gasteiger partial charge in [-0.25, -0.2) is 4.79 Å². The third-order valence-electron chi connectivity index (χ3n) is 4.51. The zero-order chi connectivity index (χ0) is 19.2. The lowest BCUT2D eigenvalue weighted by molar-refractivity contribution is -0.142. The summed E-state index contributed by atoms with van der Waals surface area (Å²) in [5.74, 6) is 0.860. The number of carbonyl (C=O) groups is 2. The van der Waals surface area contributed by atoms with E-state index >= 15 is 0 Å². The Balaban J connectivity index is 1.45. The lowest BCUT2D eigenvalue weighted by atomic mass is 10.1. The molecule has 1 atom stereocenters. The fraction of sp³-hybridized carbons (Fsp3) is 0.474. The molecule has 1 amide bonds. The Morgan fingerprint density at radius 1 is 1.33 bits per heavy atom. The Morgan fingerprint density at radius 2 is 2.07 bits per heavy atom. The van der Waals surface area contributed by atoms with Gasteiger partial charge in [-0.2, -0.15) is 4.98 Å². The molecule has 8 heteroatoms. The van der Waals surface area contributed by atoms with Crippen LogP contribution >= 0.6 is 0 Å². The fourth-order valence-corrected chi connectivity index (χ4v) is 2.79. The molecular formula is C19H23N3O5. The predicted molar refractivity (Wildman–Crippen MR) is 96.1 cm³/mol. The number of hydrogen-bond acceptors (Lipinski definition) is 6. The summed E-state index contributed by atoms with van der Waals surface area (Å²) in [5.41, 5.74) is 0.813. The number of ether oxygens (including phenoxy) is 1. The number of rotatable bonds is 10. The van der Waals surface area contributed by atoms with E-state index in [0.29, 0.717) is 36.9 Å². The smallest absolute Gasteiger partial charge is 0.326 e. The number of nitrogens with one attached hydrogen (secondary N) is 1. The Kier molecular flexibility index (Phi) is 6.05. The number of carboxylic acid groups (broad SMARTS) is 1. The Labute approximate surface area is 156 Å². The van der Waals surface area contributed by atoms with E-state index in [1.54, 1.807) is 7.11 Å². The van der Waals surface area contributed by atoms with Gasteiger partial charge >= 0.3 is 5.97 Å². The van der Waals surface area contributed by atoms with Crippen LogP contribution in [0.5, 0.6) is 5.75 Å². The molecule has 1 saturated carbocycles. The van der Waals surface area contributed by atoms with E-state index in [9.17, 15) is 14.7 Å². The molecule has 0 bridgehead atoms. The molecule has 0 aliphatic heterocycles. The van der Waals surface area contributed by atoms with Crippen LogP contribution < -0.4 is 10.1 Å². The topological polar surface area (TPSA) is 115 Å². The Morgan fingerprint density at radius 3 is 2.70 bits per heavy atom. The molecule has 1 aromatic carbocycles. The highest BCUT2D eigenvalue weighted by molar-refractivity contribution is 5.83. The minimum atomic E-state index is -0.976. The van der Waals surface area contributed by atoms with E-state index in [-0.39, 0.29) is 12.3 Å². The van der Waals surface area contributed by atoms with Gasteiger partial charge in [-0.3, -0.25) is 4.79 Å². The van der Waals surface area contributed by atoms with E-state index < -0.39 is 12.0 Å². The van der Waals surface area contributed by atoms with Crippen molar-refractivity contribution in [2.24, 2.45) is 5.92 Å². The molecular weight excluding hydrogens is 350 g/mol. The van der Waals surface area contributed by atoms with Crippen molar-refractivity contribution in [2.75, 3.05) is 7.11 Å². The number of aliphatic carboxylic acids is 1. The van der Waals surface area contributed by atoms with Crippen LogP contribution in [0.4, 0.5) is 0 Å². The van der Waals surface area contributed by atoms with Crippen molar-refractivity contribution in [3.63, 3.8) is 0 Å². The first-order chi connectivity index (χ1) is 13.0. The van der Waals surface area contributed by atoms with Crippen molar-refractivity contribution in [1.82, 2.24) is 15.5 Å². The molecule has 2 N–H and O–H groups in total. The van der Waals surface area contributed by atoms with E-state index in [1.807, 2.05) is 24.3 Å². The third-order valence-corrected chi connectivity index (χ3v) is 4.51. The number of methoxy groups -OCH3 is 1. The van der Waals surface area contributed by atoms with Gasteiger partial charge in [-0.15, -0.1) is 0 Å². The Bertz CT molecular complexity index is 783. The number of carbonyl (C=O) groups excluding carboxylic acids is 1. The fourth-order valence-electron chi connectivity index (χ4n) is 2.79. The number of amides is 1. The van der Waals surface area contributed by atoms with Crippen molar-refractivity contribution < 1.29 is 24.0 Å². The number of aryl methyl sites for hydroxylation is 1. The van der Waals surface area contributed by atoms with Crippen molar-refractivity contribution in [1.29, 1.82) is 0 Å². The van der Waals surface area contributed by atoms with Gasteiger partial charge in [-0.05, 0) is 43.0 Å². The first-order valence-electron chi connectivity index (χ1n) is 9.04. The van der Waals surface area contributed by atoms with Gasteiger partial charge in [0.1, 0.15) is 11.8 Å². The molecule has 27 heavy (non-hydrogen) atoms. The number of nitrogens with zero attached hydrogens (tertiary/aromatic N) is 2. The van der Waals surface area contributed by atoms with Crippen molar-refractivity contribution in [3.05, 3.63) is 30.2 Å². The quantitative estimate of drug-likeness (QED) is 0.657. The lowest BCUT2D eigenvalue weighted by Crippen LogP contribution is -2.41. The molecule has 0 radical (unpaired) electrons. The minimum Gasteiger partial charge on any atom is -0.497 e. The van der Waals surface area contributed by atoms with Crippen molar-refractivity contribution >= 4 is 11.9 Å². The minimum absolute atomic E-state index is 0.217. The van der Waals surface area contributed by atoms with Crippen molar-refractivity contribution in [3.8, 4) is 17.1 Å². The van der Waals surface area contributed by atoms with Crippen LogP contribution in [0.2, 0.25) is 0 Å². The summed E-state index contributed by atoms with van der Waals surface area (Å²) in [4.78, 5) is 27.5. The molecule has 1 aliphatic rings. The van der Waals surface area contributed by atoms with Crippen molar-refractivity contribution in [2.45, 2.75) is 44.6 Å². The van der Waals surface area contributed by atoms with Crippen LogP contribution in [-0.4, -0.2) is 40.3 Å². The molecule has 3 rings (SSSR count). The number of carboxylic acids is 1. The van der Waals surface area contributed by atoms with Crippen LogP contribution in [0.3, 0.4) is 0 Å². The van der Waals surface area contributed by atoms with E-state index in [0.717, 1.165) is 24.2 Å². The lowest BCUT2D eigenvalue weighted by Gasteiger charge is -2.13. The van der Waals surface area contributed by atoms with E-state index in [2.05, 4.69) is 15.5 Å². The van der Waals surface area contributed by atoms with E-state index in [4.69, 9.17) is 9.26 Å². The summed E-state index contributed by atoms with van der Waals surface area (Å²) in [7, 11) is 1.60. The largest absolute Gasteiger partial charge is 0.497 e. The monoisotopic (exact) mass is 373 g/mol. The standard InChI is InChI=1S/C19H23N3O5/c1-26-14-9-7-13(8-10-14)18-21-17(27-22-18)4-2-3-16(23)20-15(19(24)25)11-12-5-6-12/h7-10,12,15H,2-6,11H2,1H3,(H,20,23)(H,24,25). The van der Waals surface area contributed by atoms with Crippen LogP contribution in [0, 0.1) is 5.92 Å². The summed E-state index contributed by atoms with van der Waals surface area (Å²) >= 11 is 0. The predicted octanol–water partition coefficient (Wildman–Crippen LogP) is 2.44. The highest BCUT2D eigenvalue weighted by Gasteiger charge is 2.30. The molecule has 1 heterocycles. The highest BCUT2D eigenvalue weighted by atomic mass is 16.5. The van der Waals surface area contributed by atoms with Crippen LogP contribution in [0.25, 0.3) is 11.4 Å².